The number of rotatable bonds is 10. The van der Waals surface area contributed by atoms with Gasteiger partial charge in [0, 0.05) is 105 Å². The van der Waals surface area contributed by atoms with E-state index in [2.05, 4.69) is 357 Å². The van der Waals surface area contributed by atoms with Crippen molar-refractivity contribution in [3.63, 3.8) is 0 Å². The highest BCUT2D eigenvalue weighted by atomic mass is 32.1. The number of para-hydroxylation sites is 10. The minimum Gasteiger partial charge on any atom is -0.456 e. The summed E-state index contributed by atoms with van der Waals surface area (Å²) in [6, 6.07) is 119. The van der Waals surface area contributed by atoms with Crippen LogP contribution in [0.4, 0.5) is 103 Å². The molecule has 7 heterocycles. The van der Waals surface area contributed by atoms with Gasteiger partial charge in [-0.2, -0.15) is 11.3 Å². The molecule has 16 aromatic rings. The van der Waals surface area contributed by atoms with Crippen LogP contribution in [0, 0.1) is 0 Å². The van der Waals surface area contributed by atoms with Crippen LogP contribution in [0.5, 0.6) is 0 Å². The van der Waals surface area contributed by atoms with E-state index in [4.69, 9.17) is 8.83 Å². The van der Waals surface area contributed by atoms with Gasteiger partial charge in [-0.15, -0.1) is 0 Å². The lowest BCUT2D eigenvalue weighted by molar-refractivity contribution is 0.623. The molecule has 0 saturated heterocycles. The van der Waals surface area contributed by atoms with Gasteiger partial charge in [0.25, 0.3) is 13.4 Å². The van der Waals surface area contributed by atoms with Crippen molar-refractivity contribution in [2.75, 3.05) is 29.4 Å². The molecule has 0 fully saturated rings. The first kappa shape index (κ1) is 53.5. The van der Waals surface area contributed by atoms with Crippen molar-refractivity contribution in [1.29, 1.82) is 0 Å². The van der Waals surface area contributed by atoms with Gasteiger partial charge in [0.05, 0.1) is 22.7 Å². The van der Waals surface area contributed by atoms with Gasteiger partial charge in [-0.25, -0.2) is 0 Å². The van der Waals surface area contributed by atoms with E-state index in [-0.39, 0.29) is 13.4 Å². The fourth-order valence-electron chi connectivity index (χ4n) is 15.7. The summed E-state index contributed by atoms with van der Waals surface area (Å²) in [6.07, 6.45) is 0. The van der Waals surface area contributed by atoms with Crippen LogP contribution in [-0.2, 0) is 0 Å². The summed E-state index contributed by atoms with van der Waals surface area (Å²) >= 11 is 1.95. The number of furan rings is 2. The molecule has 444 valence electrons. The van der Waals surface area contributed by atoms with Crippen molar-refractivity contribution < 1.29 is 8.83 Å². The lowest BCUT2D eigenvalue weighted by Crippen LogP contribution is -2.60. The molecular weight excluding hydrogens is 1180 g/mol. The molecule has 4 aliphatic rings. The first-order valence-electron chi connectivity index (χ1n) is 32.4. The van der Waals surface area contributed by atoms with Crippen LogP contribution in [0.3, 0.4) is 0 Å². The topological polar surface area (TPSA) is 45.7 Å². The van der Waals surface area contributed by atoms with Crippen molar-refractivity contribution in [2.45, 2.75) is 0 Å². The Morgan fingerprint density at radius 1 is 0.263 bits per heavy atom. The zero-order valence-corrected chi connectivity index (χ0v) is 52.1. The first-order chi connectivity index (χ1) is 47.2. The first-order valence-corrected chi connectivity index (χ1v) is 33.2. The summed E-state index contributed by atoms with van der Waals surface area (Å²) in [4.78, 5) is 15.0. The quantitative estimate of drug-likeness (QED) is 0.126. The van der Waals surface area contributed by atoms with E-state index in [0.717, 1.165) is 141 Å². The summed E-state index contributed by atoms with van der Waals surface area (Å²) in [6.45, 7) is -0.592. The Balaban J connectivity index is 0.961. The summed E-state index contributed by atoms with van der Waals surface area (Å²) < 4.78 is 16.9. The molecule has 95 heavy (non-hydrogen) atoms. The molecule has 0 unspecified atom stereocenters. The van der Waals surface area contributed by atoms with Crippen LogP contribution < -0.4 is 60.8 Å². The third kappa shape index (κ3) is 8.09. The average Bonchev–Trinajstić information content (AvgIpc) is 1.59. The Hall–Kier alpha value is -12.2. The van der Waals surface area contributed by atoms with Crippen molar-refractivity contribution in [2.24, 2.45) is 0 Å². The second kappa shape index (κ2) is 21.2. The fraction of sp³-hybridized carbons (Fsp3) is 0. The fourth-order valence-corrected chi connectivity index (χ4v) is 17.2. The predicted octanol–water partition coefficient (Wildman–Crippen LogP) is 19.5. The highest BCUT2D eigenvalue weighted by Crippen LogP contribution is 2.56. The highest BCUT2D eigenvalue weighted by molar-refractivity contribution is 7.39. The largest absolute Gasteiger partial charge is 0.456 e. The molecular formula is C84H54B2N6O2S. The molecule has 3 aromatic heterocycles. The molecule has 8 nitrogen and oxygen atoms in total. The van der Waals surface area contributed by atoms with E-state index in [1.54, 1.807) is 0 Å². The van der Waals surface area contributed by atoms with Crippen LogP contribution in [-0.4, -0.2) is 13.4 Å². The Kier molecular flexibility index (Phi) is 11.9. The predicted molar refractivity (Wildman–Crippen MR) is 399 cm³/mol. The van der Waals surface area contributed by atoms with Crippen molar-refractivity contribution in [1.82, 2.24) is 0 Å². The van der Waals surface area contributed by atoms with E-state index in [1.807, 2.05) is 11.3 Å². The number of hydrogen-bond acceptors (Lipinski definition) is 9. The van der Waals surface area contributed by atoms with Crippen LogP contribution in [0.1, 0.15) is 0 Å². The molecule has 0 amide bonds. The number of hydrogen-bond donors (Lipinski definition) is 0. The average molecular weight is 1230 g/mol. The van der Waals surface area contributed by atoms with Gasteiger partial charge >= 0.3 is 0 Å². The number of benzene rings is 13. The molecule has 4 aliphatic heterocycles. The minimum atomic E-state index is -0.302. The van der Waals surface area contributed by atoms with E-state index in [1.165, 1.54) is 25.9 Å². The Morgan fingerprint density at radius 3 is 1.09 bits per heavy atom. The van der Waals surface area contributed by atoms with Gasteiger partial charge in [-0.05, 0) is 162 Å². The zero-order valence-electron chi connectivity index (χ0n) is 51.2. The third-order valence-electron chi connectivity index (χ3n) is 19.5. The molecule has 20 rings (SSSR count). The molecule has 11 heteroatoms. The number of nitrogens with zero attached hydrogens (tertiary/aromatic N) is 6. The molecule has 13 aromatic carbocycles. The summed E-state index contributed by atoms with van der Waals surface area (Å²) in [5.74, 6) is 0.806. The van der Waals surface area contributed by atoms with Gasteiger partial charge < -0.3 is 33.3 Å². The third-order valence-corrected chi connectivity index (χ3v) is 20.8. The van der Waals surface area contributed by atoms with E-state index in [0.29, 0.717) is 0 Å². The normalized spacial score (nSPS) is 13.1. The Morgan fingerprint density at radius 2 is 0.621 bits per heavy atom. The standard InChI is InChI=1S/C84H54B2N6O2S/c1-9-29-55(30-10-1)87(56-31-11-2-12-32-56)63-49-70-78-71(50-63)90(60-39-19-6-20-40-60)80-81-83(95-82(80)85(78)68-54-76-67(65-45-25-27-47-74(65)93-76)53-69(68)89(70)59-37-17-5-18-38-59)86-77-66-46-26-28-48-75(66)94-84(77)92(62-43-23-8-24-44-62)73-52-64(51-72(79(73)86)91(81)61-41-21-7-22-42-61)88(57-33-13-3-14-34-57)58-35-15-4-16-36-58/h1-54H. The zero-order chi connectivity index (χ0) is 62.2. The molecule has 0 saturated carbocycles. The van der Waals surface area contributed by atoms with E-state index in [9.17, 15) is 0 Å². The molecule has 0 N–H and O–H groups in total. The second-order valence-corrected chi connectivity index (χ2v) is 25.8. The van der Waals surface area contributed by atoms with Gasteiger partial charge in [-0.3, -0.25) is 4.90 Å². The molecule has 0 aliphatic carbocycles. The van der Waals surface area contributed by atoms with Crippen LogP contribution >= 0.6 is 11.3 Å². The maximum atomic E-state index is 7.46. The summed E-state index contributed by atoms with van der Waals surface area (Å²) in [5, 5.41) is 3.24. The lowest BCUT2D eigenvalue weighted by Gasteiger charge is -2.45. The van der Waals surface area contributed by atoms with Crippen LogP contribution in [0.2, 0.25) is 0 Å². The monoisotopic (exact) mass is 1230 g/mol. The second-order valence-electron chi connectivity index (χ2n) is 24.7. The molecule has 0 atom stereocenters. The smallest absolute Gasteiger partial charge is 0.269 e. The van der Waals surface area contributed by atoms with Gasteiger partial charge in [0.2, 0.25) is 5.88 Å². The van der Waals surface area contributed by atoms with Crippen molar-refractivity contribution in [3.8, 4) is 0 Å². The van der Waals surface area contributed by atoms with Gasteiger partial charge in [0.15, 0.2) is 0 Å². The maximum Gasteiger partial charge on any atom is 0.269 e. The Bertz CT molecular complexity index is 5590. The maximum absolute atomic E-state index is 7.46. The highest BCUT2D eigenvalue weighted by Gasteiger charge is 2.54. The lowest BCUT2D eigenvalue weighted by atomic mass is 9.35. The minimum absolute atomic E-state index is 0.290. The Labute approximate surface area is 554 Å². The molecule has 0 bridgehead atoms. The SMILES string of the molecule is c1ccc(N(c2ccccc2)c2cc3c4c(c2)N(c2ccccc2)c2c(sc5c2N(c2ccccc2)c2cc(N(c6ccccc6)c6ccccc6)cc6c2B5c2c(oc5ccccc25)N6c2ccccc2)B4c2cc4oc5ccccc5c4cc2N3c2ccccc2)cc1. The summed E-state index contributed by atoms with van der Waals surface area (Å²) in [7, 11) is 0. The van der Waals surface area contributed by atoms with Crippen molar-refractivity contribution in [3.05, 3.63) is 328 Å². The summed E-state index contributed by atoms with van der Waals surface area (Å²) in [5.41, 5.74) is 25.3. The van der Waals surface area contributed by atoms with E-state index < -0.39 is 0 Å². The van der Waals surface area contributed by atoms with E-state index >= 15 is 0 Å². The van der Waals surface area contributed by atoms with Crippen LogP contribution in [0.25, 0.3) is 32.9 Å². The van der Waals surface area contributed by atoms with Crippen molar-refractivity contribution >= 4 is 192 Å². The number of anilines is 18. The number of fused-ring (bicyclic) bond motifs is 14. The van der Waals surface area contributed by atoms with Gasteiger partial charge in [-0.1, -0.05) is 182 Å². The van der Waals surface area contributed by atoms with Crippen LogP contribution in [0.15, 0.2) is 336 Å². The molecule has 0 radical (unpaired) electrons. The molecule has 0 spiro atoms. The van der Waals surface area contributed by atoms with Gasteiger partial charge in [0.1, 0.15) is 16.7 Å². The number of thiophene rings is 1.